The van der Waals surface area contributed by atoms with Gasteiger partial charge in [-0.15, -0.1) is 0 Å². The normalized spacial score (nSPS) is 12.1. The van der Waals surface area contributed by atoms with Crippen molar-refractivity contribution in [2.24, 2.45) is 0 Å². The molecule has 6 heteroatoms. The van der Waals surface area contributed by atoms with E-state index in [0.29, 0.717) is 19.3 Å². The number of esters is 3. The smallest absolute Gasteiger partial charge is 0.306 e. The van der Waals surface area contributed by atoms with Crippen molar-refractivity contribution in [2.75, 3.05) is 13.2 Å². The maximum absolute atomic E-state index is 12.7. The van der Waals surface area contributed by atoms with Crippen LogP contribution in [-0.4, -0.2) is 37.2 Å². The van der Waals surface area contributed by atoms with Gasteiger partial charge in [0.15, 0.2) is 6.10 Å². The molecular formula is C50H92O6. The van der Waals surface area contributed by atoms with E-state index >= 15 is 0 Å². The fourth-order valence-corrected chi connectivity index (χ4v) is 6.99. The molecule has 0 aliphatic heterocycles. The fraction of sp³-hybridized carbons (Fsp3) is 0.860. The maximum atomic E-state index is 12.7. The van der Waals surface area contributed by atoms with E-state index in [1.807, 2.05) is 0 Å². The van der Waals surface area contributed by atoms with Gasteiger partial charge in [0.25, 0.3) is 0 Å². The fourth-order valence-electron chi connectivity index (χ4n) is 6.99. The third-order valence-corrected chi connectivity index (χ3v) is 10.7. The molecule has 328 valence electrons. The number of allylic oxidation sites excluding steroid dienone is 4. The lowest BCUT2D eigenvalue weighted by Crippen LogP contribution is -2.30. The zero-order valence-corrected chi connectivity index (χ0v) is 37.4. The molecule has 1 unspecified atom stereocenters. The van der Waals surface area contributed by atoms with Gasteiger partial charge < -0.3 is 14.2 Å². The van der Waals surface area contributed by atoms with E-state index in [4.69, 9.17) is 14.2 Å². The molecule has 0 saturated heterocycles. The lowest BCUT2D eigenvalue weighted by molar-refractivity contribution is -0.167. The lowest BCUT2D eigenvalue weighted by Gasteiger charge is -2.18. The Bertz CT molecular complexity index is 911. The zero-order valence-electron chi connectivity index (χ0n) is 37.4. The summed E-state index contributed by atoms with van der Waals surface area (Å²) in [4.78, 5) is 37.5. The molecule has 0 aromatic carbocycles. The van der Waals surface area contributed by atoms with Crippen molar-refractivity contribution < 1.29 is 28.6 Å². The summed E-state index contributed by atoms with van der Waals surface area (Å²) in [5.74, 6) is -0.893. The van der Waals surface area contributed by atoms with Crippen LogP contribution in [0.5, 0.6) is 0 Å². The molecule has 0 aliphatic carbocycles. The Kier molecular flexibility index (Phi) is 43.9. The minimum Gasteiger partial charge on any atom is -0.462 e. The molecule has 56 heavy (non-hydrogen) atoms. The number of unbranched alkanes of at least 4 members (excludes halogenated alkanes) is 29. The summed E-state index contributed by atoms with van der Waals surface area (Å²) in [5.41, 5.74) is 0. The first-order valence-corrected chi connectivity index (χ1v) is 24.3. The van der Waals surface area contributed by atoms with Gasteiger partial charge in [0.1, 0.15) is 13.2 Å². The second-order valence-electron chi connectivity index (χ2n) is 16.4. The van der Waals surface area contributed by atoms with Gasteiger partial charge in [-0.05, 0) is 44.9 Å². The summed E-state index contributed by atoms with van der Waals surface area (Å²) >= 11 is 0. The van der Waals surface area contributed by atoms with E-state index in [2.05, 4.69) is 45.1 Å². The average molecular weight is 789 g/mol. The molecule has 0 saturated carbocycles. The molecule has 6 nitrogen and oxygen atoms in total. The molecule has 0 heterocycles. The molecule has 0 spiro atoms. The van der Waals surface area contributed by atoms with Gasteiger partial charge in [-0.25, -0.2) is 0 Å². The zero-order chi connectivity index (χ0) is 40.8. The van der Waals surface area contributed by atoms with Crippen molar-refractivity contribution in [2.45, 2.75) is 264 Å². The van der Waals surface area contributed by atoms with Gasteiger partial charge in [0, 0.05) is 19.3 Å². The van der Waals surface area contributed by atoms with Crippen molar-refractivity contribution in [1.82, 2.24) is 0 Å². The summed E-state index contributed by atoms with van der Waals surface area (Å²) in [5, 5.41) is 0. The van der Waals surface area contributed by atoms with Crippen LogP contribution in [0.15, 0.2) is 24.3 Å². The van der Waals surface area contributed by atoms with Gasteiger partial charge >= 0.3 is 17.9 Å². The predicted molar refractivity (Wildman–Crippen MR) is 238 cm³/mol. The van der Waals surface area contributed by atoms with Crippen LogP contribution in [0.2, 0.25) is 0 Å². The van der Waals surface area contributed by atoms with Crippen molar-refractivity contribution in [3.63, 3.8) is 0 Å². The Morgan fingerprint density at radius 3 is 1.04 bits per heavy atom. The minimum absolute atomic E-state index is 0.0739. The predicted octanol–water partition coefficient (Wildman–Crippen LogP) is 15.6. The molecule has 0 aromatic heterocycles. The van der Waals surface area contributed by atoms with Crippen LogP contribution in [0.3, 0.4) is 0 Å². The molecule has 0 aromatic rings. The van der Waals surface area contributed by atoms with E-state index in [-0.39, 0.29) is 31.1 Å². The van der Waals surface area contributed by atoms with E-state index in [1.54, 1.807) is 0 Å². The third-order valence-electron chi connectivity index (χ3n) is 10.7. The van der Waals surface area contributed by atoms with Crippen LogP contribution >= 0.6 is 0 Å². The van der Waals surface area contributed by atoms with Crippen LogP contribution in [0.25, 0.3) is 0 Å². The molecule has 0 amide bonds. The van der Waals surface area contributed by atoms with E-state index in [1.165, 1.54) is 128 Å². The standard InChI is InChI=1S/C50H92O6/c1-4-7-10-13-15-17-19-21-23-24-25-26-27-29-30-32-34-37-40-43-49(52)55-46-47(45-54-48(51)42-39-36-12-9-6-3)56-50(53)44-41-38-35-33-31-28-22-20-18-16-14-11-8-5-2/h14,16,20,22,47H,4-13,15,17-19,21,23-46H2,1-3H3/b16-14-,22-20-. The average Bonchev–Trinajstić information content (AvgIpc) is 3.19. The topological polar surface area (TPSA) is 78.9 Å². The number of hydrogen-bond acceptors (Lipinski definition) is 6. The Labute approximate surface area is 347 Å². The highest BCUT2D eigenvalue weighted by Crippen LogP contribution is 2.16. The first kappa shape index (κ1) is 53.9. The van der Waals surface area contributed by atoms with Crippen LogP contribution in [0.4, 0.5) is 0 Å². The Morgan fingerprint density at radius 1 is 0.357 bits per heavy atom. The van der Waals surface area contributed by atoms with Gasteiger partial charge in [-0.3, -0.25) is 14.4 Å². The molecule has 0 rings (SSSR count). The number of ether oxygens (including phenoxy) is 3. The first-order valence-electron chi connectivity index (χ1n) is 24.3. The van der Waals surface area contributed by atoms with Crippen molar-refractivity contribution in [3.8, 4) is 0 Å². The van der Waals surface area contributed by atoms with Crippen molar-refractivity contribution in [1.29, 1.82) is 0 Å². The monoisotopic (exact) mass is 789 g/mol. The summed E-state index contributed by atoms with van der Waals surface area (Å²) in [6.45, 7) is 6.52. The Morgan fingerprint density at radius 2 is 0.661 bits per heavy atom. The minimum atomic E-state index is -0.770. The Balaban J connectivity index is 4.14. The number of carbonyl (C=O) groups excluding carboxylic acids is 3. The van der Waals surface area contributed by atoms with E-state index in [9.17, 15) is 14.4 Å². The van der Waals surface area contributed by atoms with E-state index < -0.39 is 6.10 Å². The SMILES string of the molecule is CCCC/C=C\C/C=C\CCCCCCCC(=O)OC(COC(=O)CCCCCCC)COC(=O)CCCCCCCCCCCCCCCCCCCCC. The van der Waals surface area contributed by atoms with Crippen LogP contribution < -0.4 is 0 Å². The maximum Gasteiger partial charge on any atom is 0.306 e. The molecule has 0 bridgehead atoms. The molecule has 1 atom stereocenters. The highest BCUT2D eigenvalue weighted by atomic mass is 16.6. The molecule has 0 aliphatic rings. The van der Waals surface area contributed by atoms with E-state index in [0.717, 1.165) is 89.9 Å². The molecular weight excluding hydrogens is 697 g/mol. The van der Waals surface area contributed by atoms with Gasteiger partial charge in [-0.1, -0.05) is 218 Å². The van der Waals surface area contributed by atoms with Crippen LogP contribution in [0, 0.1) is 0 Å². The Hall–Kier alpha value is -2.11. The van der Waals surface area contributed by atoms with Crippen LogP contribution in [-0.2, 0) is 28.6 Å². The number of rotatable bonds is 44. The second kappa shape index (κ2) is 45.6. The quantitative estimate of drug-likeness (QED) is 0.0265. The number of carbonyl (C=O) groups is 3. The first-order chi connectivity index (χ1) is 27.5. The van der Waals surface area contributed by atoms with Gasteiger partial charge in [0.2, 0.25) is 0 Å². The highest BCUT2D eigenvalue weighted by molar-refractivity contribution is 5.71. The van der Waals surface area contributed by atoms with Gasteiger partial charge in [-0.2, -0.15) is 0 Å². The van der Waals surface area contributed by atoms with Crippen molar-refractivity contribution >= 4 is 17.9 Å². The van der Waals surface area contributed by atoms with Crippen molar-refractivity contribution in [3.05, 3.63) is 24.3 Å². The molecule has 0 N–H and O–H groups in total. The summed E-state index contributed by atoms with van der Waals surface area (Å²) < 4.78 is 16.6. The number of hydrogen-bond donors (Lipinski definition) is 0. The second-order valence-corrected chi connectivity index (χ2v) is 16.4. The summed E-state index contributed by atoms with van der Waals surface area (Å²) in [7, 11) is 0. The molecule has 0 radical (unpaired) electrons. The highest BCUT2D eigenvalue weighted by Gasteiger charge is 2.19. The summed E-state index contributed by atoms with van der Waals surface area (Å²) in [6, 6.07) is 0. The summed E-state index contributed by atoms with van der Waals surface area (Å²) in [6.07, 6.45) is 50.5. The van der Waals surface area contributed by atoms with Gasteiger partial charge in [0.05, 0.1) is 0 Å². The largest absolute Gasteiger partial charge is 0.462 e. The molecule has 0 fully saturated rings. The van der Waals surface area contributed by atoms with Crippen LogP contribution in [0.1, 0.15) is 258 Å². The third kappa shape index (κ3) is 43.0. The lowest BCUT2D eigenvalue weighted by atomic mass is 10.0.